The SMILES string of the molecule is O=C(NCC1CCC(Br)CC1)c1ccc(C(F)(F)F)cc1. The second kappa shape index (κ2) is 6.81. The maximum atomic E-state index is 12.4. The number of hydrogen-bond acceptors (Lipinski definition) is 1. The lowest BCUT2D eigenvalue weighted by Crippen LogP contribution is -2.31. The third-order valence-corrected chi connectivity index (χ3v) is 4.72. The van der Waals surface area contributed by atoms with Gasteiger partial charge in [0, 0.05) is 16.9 Å². The van der Waals surface area contributed by atoms with Gasteiger partial charge in [-0.2, -0.15) is 13.2 Å². The molecule has 0 saturated heterocycles. The van der Waals surface area contributed by atoms with Gasteiger partial charge in [0.25, 0.3) is 5.91 Å². The molecule has 21 heavy (non-hydrogen) atoms. The number of carbonyl (C=O) groups is 1. The van der Waals surface area contributed by atoms with E-state index in [0.717, 1.165) is 37.8 Å². The summed E-state index contributed by atoms with van der Waals surface area (Å²) in [4.78, 5) is 12.5. The fourth-order valence-electron chi connectivity index (χ4n) is 2.48. The normalized spacial score (nSPS) is 22.9. The first-order valence-electron chi connectivity index (χ1n) is 6.96. The van der Waals surface area contributed by atoms with Crippen molar-refractivity contribution in [1.82, 2.24) is 5.32 Å². The lowest BCUT2D eigenvalue weighted by Gasteiger charge is -2.25. The molecule has 1 aromatic rings. The summed E-state index contributed by atoms with van der Waals surface area (Å²) in [7, 11) is 0. The highest BCUT2D eigenvalue weighted by molar-refractivity contribution is 9.09. The van der Waals surface area contributed by atoms with Gasteiger partial charge in [-0.1, -0.05) is 15.9 Å². The third kappa shape index (κ3) is 4.73. The molecule has 1 N–H and O–H groups in total. The van der Waals surface area contributed by atoms with E-state index < -0.39 is 11.7 Å². The number of amides is 1. The van der Waals surface area contributed by atoms with Crippen LogP contribution in [0, 0.1) is 5.92 Å². The van der Waals surface area contributed by atoms with Crippen LogP contribution in [-0.4, -0.2) is 17.3 Å². The van der Waals surface area contributed by atoms with Crippen molar-refractivity contribution in [3.63, 3.8) is 0 Å². The van der Waals surface area contributed by atoms with E-state index in [4.69, 9.17) is 0 Å². The number of benzene rings is 1. The lowest BCUT2D eigenvalue weighted by atomic mass is 9.89. The lowest BCUT2D eigenvalue weighted by molar-refractivity contribution is -0.137. The molecule has 0 unspecified atom stereocenters. The zero-order chi connectivity index (χ0) is 15.5. The first-order valence-corrected chi connectivity index (χ1v) is 7.87. The van der Waals surface area contributed by atoms with Crippen molar-refractivity contribution in [3.05, 3.63) is 35.4 Å². The van der Waals surface area contributed by atoms with E-state index in [9.17, 15) is 18.0 Å². The fraction of sp³-hybridized carbons (Fsp3) is 0.533. The first-order chi connectivity index (χ1) is 9.86. The first kappa shape index (κ1) is 16.3. The van der Waals surface area contributed by atoms with Crippen LogP contribution in [0.25, 0.3) is 0 Å². The van der Waals surface area contributed by atoms with Crippen molar-refractivity contribution >= 4 is 21.8 Å². The molecule has 2 nitrogen and oxygen atoms in total. The molecule has 116 valence electrons. The second-order valence-corrected chi connectivity index (χ2v) is 6.70. The monoisotopic (exact) mass is 363 g/mol. The van der Waals surface area contributed by atoms with Crippen LogP contribution < -0.4 is 5.32 Å². The van der Waals surface area contributed by atoms with Crippen LogP contribution in [0.1, 0.15) is 41.6 Å². The quantitative estimate of drug-likeness (QED) is 0.792. The average Bonchev–Trinajstić information content (AvgIpc) is 2.45. The van der Waals surface area contributed by atoms with Gasteiger partial charge in [-0.15, -0.1) is 0 Å². The van der Waals surface area contributed by atoms with E-state index in [1.54, 1.807) is 0 Å². The molecule has 0 heterocycles. The van der Waals surface area contributed by atoms with E-state index in [1.807, 2.05) is 0 Å². The Bertz CT molecular complexity index is 479. The highest BCUT2D eigenvalue weighted by Gasteiger charge is 2.30. The second-order valence-electron chi connectivity index (χ2n) is 5.40. The van der Waals surface area contributed by atoms with Crippen molar-refractivity contribution in [1.29, 1.82) is 0 Å². The standard InChI is InChI=1S/C15H17BrF3NO/c16-13-7-1-10(2-8-13)9-20-14(21)11-3-5-12(6-4-11)15(17,18)19/h3-6,10,13H,1-2,7-9H2,(H,20,21). The van der Waals surface area contributed by atoms with Gasteiger partial charge in [-0.25, -0.2) is 0 Å². The summed E-state index contributed by atoms with van der Waals surface area (Å²) >= 11 is 3.58. The average molecular weight is 364 g/mol. The van der Waals surface area contributed by atoms with Gasteiger partial charge in [0.05, 0.1) is 5.56 Å². The van der Waals surface area contributed by atoms with E-state index in [-0.39, 0.29) is 11.5 Å². The summed E-state index contributed by atoms with van der Waals surface area (Å²) < 4.78 is 37.3. The van der Waals surface area contributed by atoms with Crippen LogP contribution in [0.15, 0.2) is 24.3 Å². The molecule has 1 aliphatic carbocycles. The Morgan fingerprint density at radius 3 is 2.24 bits per heavy atom. The van der Waals surface area contributed by atoms with E-state index in [2.05, 4.69) is 21.2 Å². The molecule has 0 bridgehead atoms. The molecule has 0 atom stereocenters. The number of halogens is 4. The van der Waals surface area contributed by atoms with Crippen molar-refractivity contribution in [2.75, 3.05) is 6.54 Å². The maximum Gasteiger partial charge on any atom is 0.416 e. The Kier molecular flexibility index (Phi) is 5.30. The summed E-state index contributed by atoms with van der Waals surface area (Å²) in [6, 6.07) is 4.30. The van der Waals surface area contributed by atoms with Gasteiger partial charge in [0.1, 0.15) is 0 Å². The summed E-state index contributed by atoms with van der Waals surface area (Å²) in [5.74, 6) is 0.141. The molecular weight excluding hydrogens is 347 g/mol. The van der Waals surface area contributed by atoms with Crippen LogP contribution in [0.5, 0.6) is 0 Å². The van der Waals surface area contributed by atoms with Crippen LogP contribution >= 0.6 is 15.9 Å². The third-order valence-electron chi connectivity index (χ3n) is 3.80. The Morgan fingerprint density at radius 2 is 1.71 bits per heavy atom. The molecule has 1 aliphatic rings. The summed E-state index contributed by atoms with van der Waals surface area (Å²) in [5, 5.41) is 2.81. The van der Waals surface area contributed by atoms with Crippen molar-refractivity contribution < 1.29 is 18.0 Å². The van der Waals surface area contributed by atoms with Crippen LogP contribution in [0.4, 0.5) is 13.2 Å². The molecule has 0 aliphatic heterocycles. The van der Waals surface area contributed by atoms with E-state index in [0.29, 0.717) is 17.3 Å². The zero-order valence-corrected chi connectivity index (χ0v) is 13.0. The van der Waals surface area contributed by atoms with Crippen molar-refractivity contribution in [3.8, 4) is 0 Å². The maximum absolute atomic E-state index is 12.4. The number of hydrogen-bond donors (Lipinski definition) is 1. The minimum absolute atomic E-state index is 0.261. The predicted molar refractivity (Wildman–Crippen MR) is 78.5 cm³/mol. The van der Waals surface area contributed by atoms with Crippen molar-refractivity contribution in [2.24, 2.45) is 5.92 Å². The molecular formula is C15H17BrF3NO. The number of nitrogens with one attached hydrogen (secondary N) is 1. The minimum atomic E-state index is -4.37. The van der Waals surface area contributed by atoms with Gasteiger partial charge >= 0.3 is 6.18 Å². The smallest absolute Gasteiger partial charge is 0.352 e. The Labute approximate surface area is 130 Å². The molecule has 1 saturated carbocycles. The predicted octanol–water partition coefficient (Wildman–Crippen LogP) is 4.39. The molecule has 1 amide bonds. The van der Waals surface area contributed by atoms with E-state index in [1.165, 1.54) is 12.1 Å². The largest absolute Gasteiger partial charge is 0.416 e. The molecule has 0 radical (unpaired) electrons. The topological polar surface area (TPSA) is 29.1 Å². The molecule has 1 fully saturated rings. The minimum Gasteiger partial charge on any atom is -0.352 e. The summed E-state index contributed by atoms with van der Waals surface area (Å²) in [6.07, 6.45) is -0.0582. The van der Waals surface area contributed by atoms with Crippen LogP contribution in [-0.2, 0) is 6.18 Å². The zero-order valence-electron chi connectivity index (χ0n) is 11.4. The Hall–Kier alpha value is -1.04. The highest BCUT2D eigenvalue weighted by Crippen LogP contribution is 2.29. The van der Waals surface area contributed by atoms with Gasteiger partial charge in [0.15, 0.2) is 0 Å². The van der Waals surface area contributed by atoms with Crippen LogP contribution in [0.3, 0.4) is 0 Å². The summed E-state index contributed by atoms with van der Waals surface area (Å²) in [6.45, 7) is 0.583. The molecule has 2 rings (SSSR count). The van der Waals surface area contributed by atoms with Gasteiger partial charge < -0.3 is 5.32 Å². The van der Waals surface area contributed by atoms with Crippen molar-refractivity contribution in [2.45, 2.75) is 36.7 Å². The fourth-order valence-corrected chi connectivity index (χ4v) is 3.00. The van der Waals surface area contributed by atoms with Gasteiger partial charge in [-0.3, -0.25) is 4.79 Å². The number of alkyl halides is 4. The number of rotatable bonds is 3. The molecule has 0 spiro atoms. The van der Waals surface area contributed by atoms with E-state index >= 15 is 0 Å². The molecule has 1 aromatic carbocycles. The van der Waals surface area contributed by atoms with Gasteiger partial charge in [0.2, 0.25) is 0 Å². The Balaban J connectivity index is 1.86. The highest BCUT2D eigenvalue weighted by atomic mass is 79.9. The molecule has 0 aromatic heterocycles. The Morgan fingerprint density at radius 1 is 1.14 bits per heavy atom. The summed E-state index contributed by atoms with van der Waals surface area (Å²) in [5.41, 5.74) is -0.480. The van der Waals surface area contributed by atoms with Gasteiger partial charge in [-0.05, 0) is 55.9 Å². The number of carbonyl (C=O) groups excluding carboxylic acids is 1. The van der Waals surface area contributed by atoms with Crippen LogP contribution in [0.2, 0.25) is 0 Å². The molecule has 6 heteroatoms.